The predicted molar refractivity (Wildman–Crippen MR) is 177 cm³/mol. The van der Waals surface area contributed by atoms with Crippen molar-refractivity contribution in [1.82, 2.24) is 16.0 Å². The first-order chi connectivity index (χ1) is 21.8. The number of nitrogens with two attached hydrogens (primary N) is 1. The molecule has 0 aliphatic rings. The van der Waals surface area contributed by atoms with E-state index in [0.717, 1.165) is 16.7 Å². The van der Waals surface area contributed by atoms with E-state index in [2.05, 4.69) is 16.0 Å². The molecule has 5 N–H and O–H groups in total. The normalized spacial score (nSPS) is 13.8. The molecule has 4 amide bonds. The van der Waals surface area contributed by atoms with Gasteiger partial charge in [0, 0.05) is 12.8 Å². The highest BCUT2D eigenvalue weighted by atomic mass is 16.6. The summed E-state index contributed by atoms with van der Waals surface area (Å²) in [5, 5.41) is 8.20. The minimum Gasteiger partial charge on any atom is -0.489 e. The maximum absolute atomic E-state index is 13.7. The molecule has 46 heavy (non-hydrogen) atoms. The van der Waals surface area contributed by atoms with Crippen LogP contribution in [0.4, 0.5) is 4.79 Å². The zero-order valence-corrected chi connectivity index (χ0v) is 27.2. The van der Waals surface area contributed by atoms with Crippen molar-refractivity contribution >= 4 is 23.8 Å². The van der Waals surface area contributed by atoms with Crippen LogP contribution in [-0.2, 0) is 38.6 Å². The minimum atomic E-state index is -1.07. The van der Waals surface area contributed by atoms with E-state index in [1.54, 1.807) is 32.9 Å². The van der Waals surface area contributed by atoms with Gasteiger partial charge in [-0.3, -0.25) is 14.4 Å². The molecule has 0 aliphatic carbocycles. The van der Waals surface area contributed by atoms with Crippen LogP contribution in [0.2, 0.25) is 0 Å². The summed E-state index contributed by atoms with van der Waals surface area (Å²) >= 11 is 0. The second-order valence-corrected chi connectivity index (χ2v) is 12.3. The molecule has 10 heteroatoms. The van der Waals surface area contributed by atoms with Gasteiger partial charge in [-0.05, 0) is 55.5 Å². The van der Waals surface area contributed by atoms with Gasteiger partial charge in [0.2, 0.25) is 17.7 Å². The number of carbonyl (C=O) groups is 4. The lowest BCUT2D eigenvalue weighted by Gasteiger charge is -2.28. The van der Waals surface area contributed by atoms with E-state index < -0.39 is 47.5 Å². The lowest BCUT2D eigenvalue weighted by Crippen LogP contribution is -2.59. The van der Waals surface area contributed by atoms with Gasteiger partial charge in [-0.2, -0.15) is 0 Å². The van der Waals surface area contributed by atoms with Crippen LogP contribution in [0, 0.1) is 5.92 Å². The van der Waals surface area contributed by atoms with Crippen molar-refractivity contribution in [2.75, 3.05) is 0 Å². The highest BCUT2D eigenvalue weighted by Crippen LogP contribution is 2.17. The molecule has 0 bridgehead atoms. The Morgan fingerprint density at radius 1 is 0.717 bits per heavy atom. The average molecular weight is 631 g/mol. The van der Waals surface area contributed by atoms with Gasteiger partial charge < -0.3 is 31.2 Å². The van der Waals surface area contributed by atoms with Gasteiger partial charge in [0.05, 0.1) is 0 Å². The molecule has 3 aromatic rings. The summed E-state index contributed by atoms with van der Waals surface area (Å²) in [6, 6.07) is 23.2. The van der Waals surface area contributed by atoms with Crippen molar-refractivity contribution in [2.45, 2.75) is 84.2 Å². The molecule has 0 saturated heterocycles. The van der Waals surface area contributed by atoms with Gasteiger partial charge in [0.15, 0.2) is 0 Å². The van der Waals surface area contributed by atoms with Crippen molar-refractivity contribution in [3.8, 4) is 5.75 Å². The van der Waals surface area contributed by atoms with Gasteiger partial charge in [0.1, 0.15) is 36.1 Å². The van der Waals surface area contributed by atoms with Crippen molar-refractivity contribution in [2.24, 2.45) is 11.7 Å². The van der Waals surface area contributed by atoms with E-state index in [1.807, 2.05) is 86.6 Å². The van der Waals surface area contributed by atoms with Crippen molar-refractivity contribution in [1.29, 1.82) is 0 Å². The van der Waals surface area contributed by atoms with Crippen molar-refractivity contribution in [3.63, 3.8) is 0 Å². The molecule has 0 saturated carbocycles. The maximum atomic E-state index is 13.7. The van der Waals surface area contributed by atoms with Crippen LogP contribution >= 0.6 is 0 Å². The third kappa shape index (κ3) is 11.9. The molecule has 3 rings (SSSR count). The Morgan fingerprint density at radius 2 is 1.26 bits per heavy atom. The largest absolute Gasteiger partial charge is 0.489 e. The first kappa shape index (κ1) is 35.6. The highest BCUT2D eigenvalue weighted by Gasteiger charge is 2.32. The first-order valence-electron chi connectivity index (χ1n) is 15.5. The maximum Gasteiger partial charge on any atom is 0.408 e. The molecule has 10 nitrogen and oxygen atoms in total. The molecular formula is C36H46N4O6. The quantitative estimate of drug-likeness (QED) is 0.195. The third-order valence-corrected chi connectivity index (χ3v) is 7.35. The fourth-order valence-electron chi connectivity index (χ4n) is 4.65. The Bertz CT molecular complexity index is 1420. The Labute approximate surface area is 271 Å². The van der Waals surface area contributed by atoms with E-state index in [4.69, 9.17) is 15.2 Å². The van der Waals surface area contributed by atoms with Crippen molar-refractivity contribution in [3.05, 3.63) is 102 Å². The molecule has 0 aromatic heterocycles. The van der Waals surface area contributed by atoms with Crippen LogP contribution < -0.4 is 26.4 Å². The SMILES string of the molecule is CC[C@H](C)[C@H](NC(=O)[C@H](Cc1ccc(OCc2ccccc2)cc1)NC(=O)OC(C)(C)C)C(=O)N[C@@H](Cc1ccccc1)C(N)=O. The second kappa shape index (κ2) is 17.0. The zero-order valence-electron chi connectivity index (χ0n) is 27.2. The number of primary amides is 1. The molecule has 4 atom stereocenters. The van der Waals surface area contributed by atoms with Gasteiger partial charge >= 0.3 is 6.09 Å². The molecule has 0 aliphatic heterocycles. The molecule has 0 fully saturated rings. The number of carbonyl (C=O) groups excluding carboxylic acids is 4. The minimum absolute atomic E-state index is 0.122. The lowest BCUT2D eigenvalue weighted by atomic mass is 9.96. The fourth-order valence-corrected chi connectivity index (χ4v) is 4.65. The second-order valence-electron chi connectivity index (χ2n) is 12.3. The van der Waals surface area contributed by atoms with Crippen molar-refractivity contribution < 1.29 is 28.7 Å². The van der Waals surface area contributed by atoms with Gasteiger partial charge in [-0.1, -0.05) is 93.1 Å². The smallest absolute Gasteiger partial charge is 0.408 e. The standard InChI is InChI=1S/C36H46N4O6/c1-6-24(2)31(34(43)38-29(32(37)41)21-25-13-9-7-10-14-25)40-33(42)30(39-35(44)46-36(3,4)5)22-26-17-19-28(20-18-26)45-23-27-15-11-8-12-16-27/h7-20,24,29-31H,6,21-23H2,1-5H3,(H2,37,41)(H,38,43)(H,39,44)(H,40,42)/t24-,29-,30-,31-/m0/s1. The number of hydrogen-bond donors (Lipinski definition) is 4. The Balaban J connectivity index is 1.76. The number of rotatable bonds is 15. The van der Waals surface area contributed by atoms with Gasteiger partial charge in [0.25, 0.3) is 0 Å². The van der Waals surface area contributed by atoms with E-state index in [9.17, 15) is 19.2 Å². The third-order valence-electron chi connectivity index (χ3n) is 7.35. The van der Waals surface area contributed by atoms with E-state index in [1.165, 1.54) is 0 Å². The summed E-state index contributed by atoms with van der Waals surface area (Å²) in [7, 11) is 0. The number of hydrogen-bond acceptors (Lipinski definition) is 6. The van der Waals surface area contributed by atoms with E-state index in [0.29, 0.717) is 18.8 Å². The number of benzene rings is 3. The molecule has 246 valence electrons. The fraction of sp³-hybridized carbons (Fsp3) is 0.389. The Kier molecular flexibility index (Phi) is 13.2. The molecule has 0 heterocycles. The predicted octanol–water partition coefficient (Wildman–Crippen LogP) is 4.45. The molecule has 3 aromatic carbocycles. The monoisotopic (exact) mass is 630 g/mol. The molecule has 0 spiro atoms. The summed E-state index contributed by atoms with van der Waals surface area (Å²) in [5.74, 6) is -1.45. The molecular weight excluding hydrogens is 584 g/mol. The van der Waals surface area contributed by atoms with Gasteiger partial charge in [-0.15, -0.1) is 0 Å². The number of ether oxygens (including phenoxy) is 2. The topological polar surface area (TPSA) is 149 Å². The van der Waals surface area contributed by atoms with Crippen LogP contribution in [0.25, 0.3) is 0 Å². The average Bonchev–Trinajstić information content (AvgIpc) is 3.02. The summed E-state index contributed by atoms with van der Waals surface area (Å²) in [6.45, 7) is 9.31. The van der Waals surface area contributed by atoms with E-state index >= 15 is 0 Å². The molecule has 0 unspecified atom stereocenters. The van der Waals surface area contributed by atoms with Crippen LogP contribution in [0.1, 0.15) is 57.7 Å². The number of amides is 4. The van der Waals surface area contributed by atoms with Crippen LogP contribution in [0.3, 0.4) is 0 Å². The first-order valence-corrected chi connectivity index (χ1v) is 15.5. The van der Waals surface area contributed by atoms with Crippen LogP contribution in [0.15, 0.2) is 84.9 Å². The molecule has 0 radical (unpaired) electrons. The van der Waals surface area contributed by atoms with Crippen LogP contribution in [0.5, 0.6) is 5.75 Å². The summed E-state index contributed by atoms with van der Waals surface area (Å²) in [6.07, 6.45) is 0.123. The Morgan fingerprint density at radius 3 is 1.80 bits per heavy atom. The van der Waals surface area contributed by atoms with E-state index in [-0.39, 0.29) is 18.8 Å². The van der Waals surface area contributed by atoms with Gasteiger partial charge in [-0.25, -0.2) is 4.79 Å². The number of nitrogens with one attached hydrogen (secondary N) is 3. The Hall–Kier alpha value is -4.86. The highest BCUT2D eigenvalue weighted by molar-refractivity contribution is 5.94. The number of alkyl carbamates (subject to hydrolysis) is 1. The lowest BCUT2D eigenvalue weighted by molar-refractivity contribution is -0.133. The summed E-state index contributed by atoms with van der Waals surface area (Å²) in [4.78, 5) is 52.3. The summed E-state index contributed by atoms with van der Waals surface area (Å²) in [5.41, 5.74) is 7.46. The zero-order chi connectivity index (χ0) is 33.7. The van der Waals surface area contributed by atoms with Crippen LogP contribution in [-0.4, -0.2) is 47.5 Å². The summed E-state index contributed by atoms with van der Waals surface area (Å²) < 4.78 is 11.3.